The molecule has 0 radical (unpaired) electrons. The Balaban J connectivity index is 1.75. The molecule has 41 heavy (non-hydrogen) atoms. The second-order valence-corrected chi connectivity index (χ2v) is 12.4. The van der Waals surface area contributed by atoms with Gasteiger partial charge in [-0.05, 0) is 55.7 Å². The van der Waals surface area contributed by atoms with Gasteiger partial charge in [0.15, 0.2) is 11.7 Å². The lowest BCUT2D eigenvalue weighted by atomic mass is 10.0. The Morgan fingerprint density at radius 1 is 1.07 bits per heavy atom. The van der Waals surface area contributed by atoms with Crippen LogP contribution in [0.25, 0.3) is 11.3 Å². The summed E-state index contributed by atoms with van der Waals surface area (Å²) >= 11 is 6.73. The first kappa shape index (κ1) is 28.8. The van der Waals surface area contributed by atoms with Gasteiger partial charge in [-0.3, -0.25) is 4.79 Å². The van der Waals surface area contributed by atoms with Crippen LogP contribution in [0.5, 0.6) is 0 Å². The SMILES string of the molecule is C=CC(=O)N1CC(C)N(C2=NS(=O)(=O)N(c3ccccc3C(C)C)c3nc(-c4ccccc4F)c(Cl)cc32)CC1C. The minimum Gasteiger partial charge on any atom is -0.349 e. The van der Waals surface area contributed by atoms with Gasteiger partial charge in [-0.2, -0.15) is 8.42 Å². The van der Waals surface area contributed by atoms with Gasteiger partial charge in [0, 0.05) is 30.7 Å². The van der Waals surface area contributed by atoms with E-state index in [1.807, 2.05) is 44.7 Å². The van der Waals surface area contributed by atoms with Gasteiger partial charge in [0.2, 0.25) is 5.91 Å². The third kappa shape index (κ3) is 5.10. The molecule has 11 heteroatoms. The molecule has 2 unspecified atom stereocenters. The fourth-order valence-electron chi connectivity index (χ4n) is 5.40. The van der Waals surface area contributed by atoms with Crippen LogP contribution in [0, 0.1) is 5.82 Å². The standard InChI is InChI=1S/C30H31ClFN5O3S/c1-6-27(38)35-16-20(5)36(17-19(35)4)30-23-15-24(31)28(22-12-7-9-13-25(22)32)33-29(23)37(41(39,40)34-30)26-14-10-8-11-21(26)18(2)3/h6-15,18-20H,1,16-17H2,2-5H3. The zero-order valence-corrected chi connectivity index (χ0v) is 24.8. The maximum atomic E-state index is 14.9. The van der Waals surface area contributed by atoms with Crippen LogP contribution in [0.2, 0.25) is 5.02 Å². The Morgan fingerprint density at radius 3 is 2.44 bits per heavy atom. The number of carbonyl (C=O) groups excluding carboxylic acids is 1. The van der Waals surface area contributed by atoms with Crippen molar-refractivity contribution >= 4 is 45.1 Å². The Bertz CT molecular complexity index is 1680. The predicted octanol–water partition coefficient (Wildman–Crippen LogP) is 5.91. The van der Waals surface area contributed by atoms with E-state index in [9.17, 15) is 17.6 Å². The van der Waals surface area contributed by atoms with Crippen LogP contribution < -0.4 is 4.31 Å². The number of halogens is 2. The van der Waals surface area contributed by atoms with E-state index < -0.39 is 16.0 Å². The first-order valence-corrected chi connectivity index (χ1v) is 15.1. The number of rotatable bonds is 4. The number of amides is 1. The Hall–Kier alpha value is -3.76. The van der Waals surface area contributed by atoms with Crippen LogP contribution in [0.1, 0.15) is 44.7 Å². The zero-order chi connectivity index (χ0) is 29.6. The van der Waals surface area contributed by atoms with Crippen LogP contribution in [0.15, 0.2) is 71.6 Å². The van der Waals surface area contributed by atoms with Crippen molar-refractivity contribution in [1.82, 2.24) is 14.8 Å². The van der Waals surface area contributed by atoms with Gasteiger partial charge >= 0.3 is 10.2 Å². The van der Waals surface area contributed by atoms with Crippen molar-refractivity contribution in [1.29, 1.82) is 0 Å². The van der Waals surface area contributed by atoms with E-state index in [1.54, 1.807) is 41.3 Å². The van der Waals surface area contributed by atoms with Crippen molar-refractivity contribution in [2.75, 3.05) is 17.4 Å². The summed E-state index contributed by atoms with van der Waals surface area (Å²) in [6.45, 7) is 12.0. The summed E-state index contributed by atoms with van der Waals surface area (Å²) in [6.07, 6.45) is 1.27. The van der Waals surface area contributed by atoms with E-state index in [2.05, 4.69) is 11.0 Å². The molecule has 0 saturated carbocycles. The minimum absolute atomic E-state index is 0.00934. The Morgan fingerprint density at radius 2 is 1.76 bits per heavy atom. The maximum absolute atomic E-state index is 14.9. The number of para-hydroxylation sites is 1. The lowest BCUT2D eigenvalue weighted by Gasteiger charge is -2.46. The van der Waals surface area contributed by atoms with Crippen LogP contribution in [-0.2, 0) is 15.0 Å². The van der Waals surface area contributed by atoms with Gasteiger partial charge in [0.05, 0.1) is 22.0 Å². The number of fused-ring (bicyclic) bond motifs is 1. The highest BCUT2D eigenvalue weighted by Gasteiger charge is 2.41. The molecule has 3 heterocycles. The summed E-state index contributed by atoms with van der Waals surface area (Å²) in [7, 11) is -4.36. The average Bonchev–Trinajstić information content (AvgIpc) is 2.93. The van der Waals surface area contributed by atoms with Crippen molar-refractivity contribution < 1.29 is 17.6 Å². The molecule has 0 N–H and O–H groups in total. The minimum atomic E-state index is -4.36. The van der Waals surface area contributed by atoms with Crippen LogP contribution in [0.3, 0.4) is 0 Å². The summed E-state index contributed by atoms with van der Waals surface area (Å²) in [4.78, 5) is 20.7. The number of pyridine rings is 1. The number of nitrogens with zero attached hydrogens (tertiary/aromatic N) is 5. The summed E-state index contributed by atoms with van der Waals surface area (Å²) in [5.41, 5.74) is 1.85. The van der Waals surface area contributed by atoms with E-state index in [0.29, 0.717) is 24.3 Å². The monoisotopic (exact) mass is 595 g/mol. The largest absolute Gasteiger partial charge is 0.352 e. The molecule has 8 nitrogen and oxygen atoms in total. The molecule has 3 aromatic rings. The van der Waals surface area contributed by atoms with Gasteiger partial charge in [0.1, 0.15) is 5.82 Å². The van der Waals surface area contributed by atoms with Gasteiger partial charge in [-0.1, -0.05) is 62.4 Å². The number of hydrogen-bond acceptors (Lipinski definition) is 5. The molecular weight excluding hydrogens is 565 g/mol. The fraction of sp³-hybridized carbons (Fsp3) is 0.300. The number of amidine groups is 1. The second kappa shape index (κ2) is 10.9. The third-order valence-electron chi connectivity index (χ3n) is 7.44. The first-order valence-electron chi connectivity index (χ1n) is 13.3. The molecule has 1 saturated heterocycles. The van der Waals surface area contributed by atoms with E-state index in [1.165, 1.54) is 12.1 Å². The summed E-state index contributed by atoms with van der Waals surface area (Å²) in [6, 6.07) is 14.3. The van der Waals surface area contributed by atoms with Gasteiger partial charge in [-0.15, -0.1) is 4.40 Å². The van der Waals surface area contributed by atoms with Gasteiger partial charge in [0.25, 0.3) is 0 Å². The highest BCUT2D eigenvalue weighted by molar-refractivity contribution is 7.92. The Labute approximate surface area is 245 Å². The quantitative estimate of drug-likeness (QED) is 0.350. The molecule has 2 atom stereocenters. The average molecular weight is 596 g/mol. The molecule has 214 valence electrons. The summed E-state index contributed by atoms with van der Waals surface area (Å²) in [5.74, 6) is -0.481. The molecule has 5 rings (SSSR count). The van der Waals surface area contributed by atoms with Crippen molar-refractivity contribution in [2.45, 2.75) is 45.7 Å². The van der Waals surface area contributed by atoms with E-state index in [-0.39, 0.29) is 51.8 Å². The number of aromatic nitrogens is 1. The van der Waals surface area contributed by atoms with Gasteiger partial charge < -0.3 is 9.80 Å². The number of hydrogen-bond donors (Lipinski definition) is 0. The molecule has 0 spiro atoms. The Kier molecular flexibility index (Phi) is 7.65. The molecule has 1 aromatic heterocycles. The molecular formula is C30H31ClFN5O3S. The molecule has 2 aliphatic heterocycles. The van der Waals surface area contributed by atoms with Crippen LogP contribution in [-0.4, -0.2) is 60.1 Å². The lowest BCUT2D eigenvalue weighted by Crippen LogP contribution is -2.60. The zero-order valence-electron chi connectivity index (χ0n) is 23.3. The van der Waals surface area contributed by atoms with Crippen LogP contribution >= 0.6 is 11.6 Å². The van der Waals surface area contributed by atoms with Crippen molar-refractivity contribution in [3.8, 4) is 11.3 Å². The highest BCUT2D eigenvalue weighted by Crippen LogP contribution is 2.43. The van der Waals surface area contributed by atoms with Crippen molar-refractivity contribution in [3.63, 3.8) is 0 Å². The molecule has 0 bridgehead atoms. The maximum Gasteiger partial charge on any atom is 0.352 e. The fourth-order valence-corrected chi connectivity index (χ4v) is 6.93. The molecule has 2 aromatic carbocycles. The molecule has 2 aliphatic rings. The van der Waals surface area contributed by atoms with Crippen LogP contribution in [0.4, 0.5) is 15.9 Å². The van der Waals surface area contributed by atoms with Gasteiger partial charge in [-0.25, -0.2) is 13.7 Å². The molecule has 0 aliphatic carbocycles. The van der Waals surface area contributed by atoms with E-state index in [0.717, 1.165) is 9.87 Å². The first-order chi connectivity index (χ1) is 19.4. The van der Waals surface area contributed by atoms with E-state index in [4.69, 9.17) is 16.6 Å². The smallest absolute Gasteiger partial charge is 0.349 e. The van der Waals surface area contributed by atoms with E-state index >= 15 is 0 Å². The second-order valence-electron chi connectivity index (χ2n) is 10.6. The highest BCUT2D eigenvalue weighted by atomic mass is 35.5. The number of anilines is 2. The predicted molar refractivity (Wildman–Crippen MR) is 160 cm³/mol. The topological polar surface area (TPSA) is 86.2 Å². The summed E-state index contributed by atoms with van der Waals surface area (Å²) < 4.78 is 48.5. The lowest BCUT2D eigenvalue weighted by molar-refractivity contribution is -0.130. The number of benzene rings is 2. The third-order valence-corrected chi connectivity index (χ3v) is 8.97. The molecule has 1 amide bonds. The summed E-state index contributed by atoms with van der Waals surface area (Å²) in [5, 5.41) is 0.152. The van der Waals surface area contributed by atoms with Crippen molar-refractivity contribution in [2.24, 2.45) is 4.40 Å². The molecule has 1 fully saturated rings. The van der Waals surface area contributed by atoms with Crippen molar-refractivity contribution in [3.05, 3.63) is 89.2 Å². The normalized spacial score (nSPS) is 20.1. The number of carbonyl (C=O) groups is 1. The number of piperazine rings is 1.